The first-order valence-electron chi connectivity index (χ1n) is 5.11. The topological polar surface area (TPSA) is 64.1 Å². The van der Waals surface area contributed by atoms with E-state index in [1.165, 1.54) is 0 Å². The summed E-state index contributed by atoms with van der Waals surface area (Å²) < 4.78 is 0. The number of benzene rings is 1. The van der Waals surface area contributed by atoms with Crippen molar-refractivity contribution in [3.8, 4) is 0 Å². The number of hydrogen-bond donors (Lipinski definition) is 3. The van der Waals surface area contributed by atoms with E-state index in [0.717, 1.165) is 17.7 Å². The molecule has 0 saturated carbocycles. The molecular weight excluding hydrogens is 186 g/mol. The van der Waals surface area contributed by atoms with E-state index < -0.39 is 5.66 Å². The van der Waals surface area contributed by atoms with Gasteiger partial charge >= 0.3 is 0 Å². The van der Waals surface area contributed by atoms with Gasteiger partial charge in [-0.2, -0.15) is 0 Å². The minimum absolute atomic E-state index is 0.560. The van der Waals surface area contributed by atoms with E-state index in [1.807, 2.05) is 31.2 Å². The average molecular weight is 205 g/mol. The van der Waals surface area contributed by atoms with Crippen molar-refractivity contribution in [2.45, 2.75) is 12.6 Å². The number of rotatable bonds is 5. The van der Waals surface area contributed by atoms with Crippen LogP contribution in [0, 0.1) is 0 Å². The largest absolute Gasteiger partial charge is 0.313 e. The molecule has 0 radical (unpaired) electrons. The van der Waals surface area contributed by atoms with Crippen LogP contribution in [0.1, 0.15) is 18.1 Å². The second-order valence-electron chi connectivity index (χ2n) is 3.65. The van der Waals surface area contributed by atoms with Gasteiger partial charge in [-0.25, -0.2) is 0 Å². The second kappa shape index (κ2) is 5.07. The summed E-state index contributed by atoms with van der Waals surface area (Å²) in [5.41, 5.74) is 13.2. The predicted molar refractivity (Wildman–Crippen MR) is 65.1 cm³/mol. The van der Waals surface area contributed by atoms with Gasteiger partial charge in [0.1, 0.15) is 5.66 Å². The molecule has 0 heterocycles. The van der Waals surface area contributed by atoms with E-state index in [-0.39, 0.29) is 0 Å². The zero-order valence-corrected chi connectivity index (χ0v) is 9.16. The summed E-state index contributed by atoms with van der Waals surface area (Å²) in [5.74, 6) is 0. The van der Waals surface area contributed by atoms with Crippen LogP contribution in [0.25, 0.3) is 6.08 Å². The molecule has 0 amide bonds. The van der Waals surface area contributed by atoms with Gasteiger partial charge < -0.3 is 16.8 Å². The van der Waals surface area contributed by atoms with E-state index in [2.05, 4.69) is 11.9 Å². The Bertz CT molecular complexity index is 331. The van der Waals surface area contributed by atoms with E-state index in [1.54, 1.807) is 6.08 Å². The van der Waals surface area contributed by atoms with Crippen molar-refractivity contribution in [3.63, 3.8) is 0 Å². The molecule has 0 unspecified atom stereocenters. The highest BCUT2D eigenvalue weighted by Gasteiger charge is 2.20. The molecule has 1 aromatic rings. The van der Waals surface area contributed by atoms with Crippen molar-refractivity contribution in [2.75, 3.05) is 13.1 Å². The molecule has 1 rings (SSSR count). The Kier molecular flexibility index (Phi) is 4.03. The van der Waals surface area contributed by atoms with Crippen LogP contribution >= 0.6 is 0 Å². The highest BCUT2D eigenvalue weighted by atomic mass is 15.0. The van der Waals surface area contributed by atoms with Crippen molar-refractivity contribution in [1.29, 1.82) is 0 Å². The van der Waals surface area contributed by atoms with E-state index in [4.69, 9.17) is 11.5 Å². The minimum Gasteiger partial charge on any atom is -0.313 e. The van der Waals surface area contributed by atoms with Gasteiger partial charge in [-0.05, 0) is 23.7 Å². The fourth-order valence-corrected chi connectivity index (χ4v) is 1.39. The van der Waals surface area contributed by atoms with Crippen molar-refractivity contribution in [2.24, 2.45) is 11.5 Å². The Morgan fingerprint density at radius 2 is 2.20 bits per heavy atom. The summed E-state index contributed by atoms with van der Waals surface area (Å²) in [6.45, 7) is 7.16. The van der Waals surface area contributed by atoms with Crippen LogP contribution < -0.4 is 16.8 Å². The molecule has 0 atom stereocenters. The monoisotopic (exact) mass is 205 g/mol. The third-order valence-electron chi connectivity index (χ3n) is 2.33. The molecule has 0 spiro atoms. The molecule has 3 heteroatoms. The molecule has 0 aliphatic rings. The van der Waals surface area contributed by atoms with Gasteiger partial charge in [-0.1, -0.05) is 37.8 Å². The van der Waals surface area contributed by atoms with Gasteiger partial charge in [0.05, 0.1) is 0 Å². The number of nitrogens with one attached hydrogen (secondary N) is 1. The maximum Gasteiger partial charge on any atom is 0.103 e. The van der Waals surface area contributed by atoms with Gasteiger partial charge in [0.25, 0.3) is 0 Å². The van der Waals surface area contributed by atoms with Crippen LogP contribution in [-0.2, 0) is 5.66 Å². The minimum atomic E-state index is -0.824. The molecule has 82 valence electrons. The normalized spacial score (nSPS) is 11.4. The summed E-state index contributed by atoms with van der Waals surface area (Å²) in [7, 11) is 0. The molecular formula is C12H19N3. The smallest absolute Gasteiger partial charge is 0.103 e. The summed E-state index contributed by atoms with van der Waals surface area (Å²) >= 11 is 0. The first kappa shape index (κ1) is 11.9. The Hall–Kier alpha value is -1.16. The first-order chi connectivity index (χ1) is 7.10. The lowest BCUT2D eigenvalue weighted by Gasteiger charge is -2.25. The number of likely N-dealkylation sites (N-methyl/N-ethyl adjacent to an activating group) is 1. The van der Waals surface area contributed by atoms with E-state index >= 15 is 0 Å². The van der Waals surface area contributed by atoms with Crippen molar-refractivity contribution < 1.29 is 0 Å². The fourth-order valence-electron chi connectivity index (χ4n) is 1.39. The molecule has 1 aromatic carbocycles. The molecule has 5 N–H and O–H groups in total. The molecule has 0 aliphatic carbocycles. The van der Waals surface area contributed by atoms with Crippen molar-refractivity contribution in [1.82, 2.24) is 5.32 Å². The zero-order chi connectivity index (χ0) is 11.3. The highest BCUT2D eigenvalue weighted by molar-refractivity contribution is 5.48. The molecule has 3 nitrogen and oxygen atoms in total. The fraction of sp³-hybridized carbons (Fsp3) is 0.333. The lowest BCUT2D eigenvalue weighted by Crippen LogP contribution is -2.53. The number of nitrogens with two attached hydrogens (primary N) is 2. The summed E-state index contributed by atoms with van der Waals surface area (Å²) in [5, 5.41) is 3.15. The second-order valence-corrected chi connectivity index (χ2v) is 3.65. The Balaban J connectivity index is 2.87. The van der Waals surface area contributed by atoms with E-state index in [0.29, 0.717) is 6.54 Å². The molecule has 15 heavy (non-hydrogen) atoms. The molecule has 0 aromatic heterocycles. The Morgan fingerprint density at radius 1 is 1.47 bits per heavy atom. The van der Waals surface area contributed by atoms with Crippen molar-refractivity contribution >= 4 is 6.08 Å². The molecule has 0 fully saturated rings. The first-order valence-corrected chi connectivity index (χ1v) is 5.11. The maximum absolute atomic E-state index is 6.03. The lowest BCUT2D eigenvalue weighted by atomic mass is 9.99. The summed E-state index contributed by atoms with van der Waals surface area (Å²) in [6, 6.07) is 7.81. The van der Waals surface area contributed by atoms with E-state index in [9.17, 15) is 0 Å². The Morgan fingerprint density at radius 3 is 2.80 bits per heavy atom. The van der Waals surface area contributed by atoms with Crippen LogP contribution in [0.4, 0.5) is 0 Å². The molecule has 0 aliphatic heterocycles. The zero-order valence-electron chi connectivity index (χ0n) is 9.16. The lowest BCUT2D eigenvalue weighted by molar-refractivity contribution is 0.429. The van der Waals surface area contributed by atoms with Gasteiger partial charge in [0, 0.05) is 6.54 Å². The van der Waals surface area contributed by atoms with Crippen LogP contribution in [-0.4, -0.2) is 13.1 Å². The summed E-state index contributed by atoms with van der Waals surface area (Å²) in [4.78, 5) is 0. The van der Waals surface area contributed by atoms with Gasteiger partial charge in [-0.15, -0.1) is 0 Å². The van der Waals surface area contributed by atoms with Crippen LogP contribution in [0.2, 0.25) is 0 Å². The Labute approximate surface area is 91.2 Å². The predicted octanol–water partition coefficient (Wildman–Crippen LogP) is 1.01. The highest BCUT2D eigenvalue weighted by Crippen LogP contribution is 2.14. The van der Waals surface area contributed by atoms with Gasteiger partial charge in [-0.3, -0.25) is 0 Å². The average Bonchev–Trinajstić information content (AvgIpc) is 2.26. The third-order valence-corrected chi connectivity index (χ3v) is 2.33. The summed E-state index contributed by atoms with van der Waals surface area (Å²) in [6.07, 6.45) is 1.78. The molecule has 0 bridgehead atoms. The van der Waals surface area contributed by atoms with Gasteiger partial charge in [0.15, 0.2) is 0 Å². The van der Waals surface area contributed by atoms with Crippen LogP contribution in [0.3, 0.4) is 0 Å². The maximum atomic E-state index is 6.03. The standard InChI is InChI=1S/C12H19N3/c1-3-10-6-5-7-11(8-10)12(13,14)9-15-4-2/h3,5-8,15H,1,4,9,13-14H2,2H3. The number of hydrogen-bond acceptors (Lipinski definition) is 3. The third kappa shape index (κ3) is 3.16. The van der Waals surface area contributed by atoms with Gasteiger partial charge in [0.2, 0.25) is 0 Å². The quantitative estimate of drug-likeness (QED) is 0.629. The molecule has 0 saturated heterocycles. The SMILES string of the molecule is C=Cc1cccc(C(N)(N)CNCC)c1. The van der Waals surface area contributed by atoms with Crippen molar-refractivity contribution in [3.05, 3.63) is 42.0 Å². The van der Waals surface area contributed by atoms with Crippen LogP contribution in [0.5, 0.6) is 0 Å². The van der Waals surface area contributed by atoms with Crippen LogP contribution in [0.15, 0.2) is 30.8 Å².